The fourth-order valence-electron chi connectivity index (χ4n) is 1.73. The molecule has 0 saturated heterocycles. The molecule has 0 aliphatic carbocycles. The van der Waals surface area contributed by atoms with E-state index in [9.17, 15) is 13.2 Å². The van der Waals surface area contributed by atoms with Gasteiger partial charge in [-0.3, -0.25) is 4.79 Å². The number of hydrogen-bond acceptors (Lipinski definition) is 6. The molecule has 0 saturated carbocycles. The lowest BCUT2D eigenvalue weighted by Gasteiger charge is -2.05. The minimum absolute atomic E-state index is 0.0662. The quantitative estimate of drug-likeness (QED) is 0.775. The molecule has 1 aromatic carbocycles. The molecular formula is C13H16N4O3S2. The summed E-state index contributed by atoms with van der Waals surface area (Å²) in [5.74, 6) is -0.345. The lowest BCUT2D eigenvalue weighted by molar-refractivity contribution is -0.115. The Hall–Kier alpha value is -1.87. The van der Waals surface area contributed by atoms with Gasteiger partial charge in [0.25, 0.3) is 0 Å². The van der Waals surface area contributed by atoms with Gasteiger partial charge in [-0.2, -0.15) is 0 Å². The van der Waals surface area contributed by atoms with E-state index in [1.807, 2.05) is 6.92 Å². The highest BCUT2D eigenvalue weighted by molar-refractivity contribution is 7.99. The maximum atomic E-state index is 12.4. The summed E-state index contributed by atoms with van der Waals surface area (Å²) in [5.41, 5.74) is 6.06. The van der Waals surface area contributed by atoms with Gasteiger partial charge in [0.2, 0.25) is 5.91 Å². The first-order valence-corrected chi connectivity index (χ1v) is 9.02. The summed E-state index contributed by atoms with van der Waals surface area (Å²) in [6, 6.07) is 6.64. The molecule has 22 heavy (non-hydrogen) atoms. The highest BCUT2D eigenvalue weighted by Gasteiger charge is 2.20. The van der Waals surface area contributed by atoms with Crippen LogP contribution >= 0.6 is 11.8 Å². The molecule has 1 amide bonds. The average molecular weight is 340 g/mol. The van der Waals surface area contributed by atoms with E-state index in [0.29, 0.717) is 11.0 Å². The zero-order chi connectivity index (χ0) is 16.3. The highest BCUT2D eigenvalue weighted by atomic mass is 32.2. The predicted molar refractivity (Wildman–Crippen MR) is 83.0 cm³/mol. The van der Waals surface area contributed by atoms with Crippen LogP contribution in [0.3, 0.4) is 0 Å². The van der Waals surface area contributed by atoms with Crippen LogP contribution in [0.25, 0.3) is 0 Å². The van der Waals surface area contributed by atoms with E-state index in [4.69, 9.17) is 5.73 Å². The molecule has 0 aliphatic rings. The van der Waals surface area contributed by atoms with Crippen molar-refractivity contribution in [2.24, 2.45) is 12.8 Å². The van der Waals surface area contributed by atoms with Gasteiger partial charge in [0.05, 0.1) is 10.6 Å². The van der Waals surface area contributed by atoms with Crippen LogP contribution in [0.15, 0.2) is 34.3 Å². The number of carbonyl (C=O) groups is 1. The Kier molecular flexibility index (Phi) is 4.87. The summed E-state index contributed by atoms with van der Waals surface area (Å²) in [5, 5.41) is 8.22. The first kappa shape index (κ1) is 16.5. The third-order valence-electron chi connectivity index (χ3n) is 2.97. The van der Waals surface area contributed by atoms with E-state index < -0.39 is 15.7 Å². The summed E-state index contributed by atoms with van der Waals surface area (Å²) in [7, 11) is -1.84. The van der Waals surface area contributed by atoms with Gasteiger partial charge in [-0.05, 0) is 19.1 Å². The minimum atomic E-state index is -3.49. The summed E-state index contributed by atoms with van der Waals surface area (Å²) in [6.45, 7) is 1.89. The van der Waals surface area contributed by atoms with Crippen molar-refractivity contribution in [2.75, 3.05) is 5.75 Å². The molecule has 0 atom stereocenters. The van der Waals surface area contributed by atoms with E-state index in [1.54, 1.807) is 35.9 Å². The van der Waals surface area contributed by atoms with E-state index in [1.165, 1.54) is 0 Å². The van der Waals surface area contributed by atoms with Crippen molar-refractivity contribution in [1.29, 1.82) is 0 Å². The number of hydrogen-bond donors (Lipinski definition) is 1. The maximum Gasteiger partial charge on any atom is 0.227 e. The van der Waals surface area contributed by atoms with Gasteiger partial charge in [0.15, 0.2) is 15.0 Å². The fourth-order valence-corrected chi connectivity index (χ4v) is 3.71. The molecule has 0 radical (unpaired) electrons. The molecule has 2 rings (SSSR count). The Balaban J connectivity index is 2.19. The molecular weight excluding hydrogens is 324 g/mol. The largest absolute Gasteiger partial charge is 0.369 e. The smallest absolute Gasteiger partial charge is 0.227 e. The molecule has 0 spiro atoms. The number of aromatic nitrogens is 3. The molecule has 0 bridgehead atoms. The van der Waals surface area contributed by atoms with Gasteiger partial charge in [0.1, 0.15) is 11.6 Å². The van der Waals surface area contributed by atoms with Crippen molar-refractivity contribution in [1.82, 2.24) is 14.8 Å². The number of rotatable bonds is 6. The summed E-state index contributed by atoms with van der Waals surface area (Å²) < 4.78 is 26.3. The second-order valence-electron chi connectivity index (χ2n) is 4.78. The number of carbonyl (C=O) groups excluding carboxylic acids is 1. The van der Waals surface area contributed by atoms with Crippen LogP contribution in [0.5, 0.6) is 0 Å². The van der Waals surface area contributed by atoms with Crippen molar-refractivity contribution >= 4 is 27.5 Å². The molecule has 0 aliphatic heterocycles. The second-order valence-corrected chi connectivity index (χ2v) is 7.72. The SMILES string of the molecule is Cc1ccc(S(=O)(=O)Cc2nnc(SCC(N)=O)n2C)cc1. The molecule has 0 fully saturated rings. The van der Waals surface area contributed by atoms with Crippen LogP contribution in [0, 0.1) is 6.92 Å². The van der Waals surface area contributed by atoms with E-state index >= 15 is 0 Å². The van der Waals surface area contributed by atoms with Crippen molar-refractivity contribution in [3.05, 3.63) is 35.7 Å². The summed E-state index contributed by atoms with van der Waals surface area (Å²) >= 11 is 1.12. The Labute approximate surface area is 132 Å². The van der Waals surface area contributed by atoms with Gasteiger partial charge in [0, 0.05) is 7.05 Å². The van der Waals surface area contributed by atoms with Gasteiger partial charge in [-0.25, -0.2) is 8.42 Å². The molecule has 1 heterocycles. The summed E-state index contributed by atoms with van der Waals surface area (Å²) in [4.78, 5) is 11.0. The highest BCUT2D eigenvalue weighted by Crippen LogP contribution is 2.19. The van der Waals surface area contributed by atoms with E-state index in [-0.39, 0.29) is 16.4 Å². The van der Waals surface area contributed by atoms with Crippen LogP contribution < -0.4 is 5.73 Å². The van der Waals surface area contributed by atoms with Crippen LogP contribution in [0.4, 0.5) is 0 Å². The molecule has 9 heteroatoms. The number of nitrogens with zero attached hydrogens (tertiary/aromatic N) is 3. The number of sulfone groups is 1. The number of amides is 1. The molecule has 118 valence electrons. The van der Waals surface area contributed by atoms with Crippen LogP contribution in [-0.2, 0) is 27.4 Å². The average Bonchev–Trinajstić information content (AvgIpc) is 2.77. The Morgan fingerprint density at radius 3 is 2.50 bits per heavy atom. The fraction of sp³-hybridized carbons (Fsp3) is 0.308. The van der Waals surface area contributed by atoms with Gasteiger partial charge in [-0.15, -0.1) is 10.2 Å². The molecule has 0 unspecified atom stereocenters. The van der Waals surface area contributed by atoms with Gasteiger partial charge < -0.3 is 10.3 Å². The topological polar surface area (TPSA) is 108 Å². The number of nitrogens with two attached hydrogens (primary N) is 1. The van der Waals surface area contributed by atoms with Crippen molar-refractivity contribution in [3.63, 3.8) is 0 Å². The minimum Gasteiger partial charge on any atom is -0.369 e. The van der Waals surface area contributed by atoms with E-state index in [0.717, 1.165) is 17.3 Å². The maximum absolute atomic E-state index is 12.4. The standard InChI is InChI=1S/C13H16N4O3S2/c1-9-3-5-10(6-4-9)22(19,20)8-12-15-16-13(17(12)2)21-7-11(14)18/h3-6H,7-8H2,1-2H3,(H2,14,18). The number of benzene rings is 1. The Morgan fingerprint density at radius 2 is 1.91 bits per heavy atom. The molecule has 7 nitrogen and oxygen atoms in total. The lowest BCUT2D eigenvalue weighted by atomic mass is 10.2. The van der Waals surface area contributed by atoms with Crippen LogP contribution in [0.2, 0.25) is 0 Å². The first-order valence-electron chi connectivity index (χ1n) is 6.38. The lowest BCUT2D eigenvalue weighted by Crippen LogP contribution is -2.14. The predicted octanol–water partition coefficient (Wildman–Crippen LogP) is 0.675. The Bertz CT molecular complexity index is 782. The number of thioether (sulfide) groups is 1. The van der Waals surface area contributed by atoms with Gasteiger partial charge >= 0.3 is 0 Å². The van der Waals surface area contributed by atoms with Crippen molar-refractivity contribution in [3.8, 4) is 0 Å². The van der Waals surface area contributed by atoms with Crippen molar-refractivity contribution < 1.29 is 13.2 Å². The normalized spacial score (nSPS) is 11.5. The van der Waals surface area contributed by atoms with Crippen LogP contribution in [-0.4, -0.2) is 34.8 Å². The zero-order valence-electron chi connectivity index (χ0n) is 12.2. The first-order chi connectivity index (χ1) is 10.3. The summed E-state index contributed by atoms with van der Waals surface area (Å²) in [6.07, 6.45) is 0. The third-order valence-corrected chi connectivity index (χ3v) is 5.64. The molecule has 2 aromatic rings. The van der Waals surface area contributed by atoms with Gasteiger partial charge in [-0.1, -0.05) is 29.5 Å². The van der Waals surface area contributed by atoms with E-state index in [2.05, 4.69) is 10.2 Å². The molecule has 2 N–H and O–H groups in total. The zero-order valence-corrected chi connectivity index (χ0v) is 13.8. The molecule has 1 aromatic heterocycles. The van der Waals surface area contributed by atoms with Crippen molar-refractivity contribution in [2.45, 2.75) is 22.7 Å². The second kappa shape index (κ2) is 6.49. The monoisotopic (exact) mass is 340 g/mol. The Morgan fingerprint density at radius 1 is 1.27 bits per heavy atom. The third kappa shape index (κ3) is 3.86. The van der Waals surface area contributed by atoms with Crippen LogP contribution in [0.1, 0.15) is 11.4 Å². The number of primary amides is 1. The number of aryl methyl sites for hydroxylation is 1.